The number of hydrogen-bond donors (Lipinski definition) is 3. The van der Waals surface area contributed by atoms with E-state index in [4.69, 9.17) is 16.7 Å². The molecule has 0 unspecified atom stereocenters. The summed E-state index contributed by atoms with van der Waals surface area (Å²) in [6.45, 7) is 0.510. The van der Waals surface area contributed by atoms with E-state index in [1.54, 1.807) is 18.2 Å². The summed E-state index contributed by atoms with van der Waals surface area (Å²) in [5.74, 6) is -0.789. The Hall–Kier alpha value is -1.27. The molecule has 1 rings (SSSR count). The number of carboxylic acid groups (broad SMARTS) is 1. The van der Waals surface area contributed by atoms with E-state index in [0.29, 0.717) is 23.7 Å². The van der Waals surface area contributed by atoms with Crippen molar-refractivity contribution in [3.63, 3.8) is 0 Å². The zero-order valence-electron chi connectivity index (χ0n) is 10.8. The Morgan fingerprint density at radius 1 is 1.25 bits per heavy atom. The van der Waals surface area contributed by atoms with Gasteiger partial charge in [-0.05, 0) is 47.0 Å². The first-order chi connectivity index (χ1) is 9.49. The largest absolute Gasteiger partial charge is 0.481 e. The summed E-state index contributed by atoms with van der Waals surface area (Å²) in [6.07, 6.45) is 2.32. The lowest BCUT2D eigenvalue weighted by molar-refractivity contribution is -0.137. The van der Waals surface area contributed by atoms with Crippen LogP contribution in [0, 0.1) is 0 Å². The van der Waals surface area contributed by atoms with E-state index in [2.05, 4.69) is 26.6 Å². The van der Waals surface area contributed by atoms with Crippen LogP contribution in [0.2, 0.25) is 5.02 Å². The number of urea groups is 1. The minimum Gasteiger partial charge on any atom is -0.481 e. The van der Waals surface area contributed by atoms with Crippen molar-refractivity contribution in [1.29, 1.82) is 0 Å². The van der Waals surface area contributed by atoms with Gasteiger partial charge in [-0.1, -0.05) is 18.0 Å². The second-order valence-electron chi connectivity index (χ2n) is 4.21. The Morgan fingerprint density at radius 2 is 2.00 bits per heavy atom. The van der Waals surface area contributed by atoms with E-state index in [0.717, 1.165) is 17.3 Å². The first-order valence-electron chi connectivity index (χ1n) is 6.20. The highest BCUT2D eigenvalue weighted by molar-refractivity contribution is 9.10. The first-order valence-corrected chi connectivity index (χ1v) is 7.38. The normalized spacial score (nSPS) is 10.1. The number of anilines is 1. The first kappa shape index (κ1) is 16.8. The monoisotopic (exact) mass is 362 g/mol. The zero-order chi connectivity index (χ0) is 15.0. The molecule has 0 spiro atoms. The highest BCUT2D eigenvalue weighted by Crippen LogP contribution is 2.25. The van der Waals surface area contributed by atoms with E-state index >= 15 is 0 Å². The number of carbonyl (C=O) groups excluding carboxylic acids is 1. The molecule has 3 N–H and O–H groups in total. The van der Waals surface area contributed by atoms with Gasteiger partial charge < -0.3 is 15.7 Å². The number of carbonyl (C=O) groups is 2. The predicted molar refractivity (Wildman–Crippen MR) is 82.3 cm³/mol. The van der Waals surface area contributed by atoms with Gasteiger partial charge >= 0.3 is 12.0 Å². The van der Waals surface area contributed by atoms with Gasteiger partial charge in [-0.15, -0.1) is 0 Å². The van der Waals surface area contributed by atoms with Crippen LogP contribution in [-0.2, 0) is 4.79 Å². The Kier molecular flexibility index (Phi) is 7.40. The van der Waals surface area contributed by atoms with Crippen LogP contribution in [0.1, 0.15) is 25.7 Å². The molecule has 0 saturated heterocycles. The molecule has 0 bridgehead atoms. The van der Waals surface area contributed by atoms with E-state index in [9.17, 15) is 9.59 Å². The molecule has 1 aromatic carbocycles. The molecule has 0 atom stereocenters. The van der Waals surface area contributed by atoms with Crippen LogP contribution in [-0.4, -0.2) is 23.7 Å². The van der Waals surface area contributed by atoms with Crippen molar-refractivity contribution in [2.24, 2.45) is 0 Å². The predicted octanol–water partition coefficient (Wildman–Crippen LogP) is 3.87. The van der Waals surface area contributed by atoms with Crippen molar-refractivity contribution in [1.82, 2.24) is 5.32 Å². The summed E-state index contributed by atoms with van der Waals surface area (Å²) in [5, 5.41) is 14.4. The third kappa shape index (κ3) is 6.77. The summed E-state index contributed by atoms with van der Waals surface area (Å²) in [6, 6.07) is 4.84. The molecule has 0 fully saturated rings. The molecule has 2 amide bonds. The highest BCUT2D eigenvalue weighted by Gasteiger charge is 2.03. The smallest absolute Gasteiger partial charge is 0.319 e. The number of carboxylic acids is 1. The number of aliphatic carboxylic acids is 1. The van der Waals surface area contributed by atoms with Crippen LogP contribution in [0.3, 0.4) is 0 Å². The number of amides is 2. The Balaban J connectivity index is 2.20. The Morgan fingerprint density at radius 3 is 2.65 bits per heavy atom. The summed E-state index contributed by atoms with van der Waals surface area (Å²) in [7, 11) is 0. The van der Waals surface area contributed by atoms with Crippen LogP contribution in [0.5, 0.6) is 0 Å². The van der Waals surface area contributed by atoms with Gasteiger partial charge in [-0.25, -0.2) is 4.79 Å². The molecule has 0 aliphatic carbocycles. The lowest BCUT2D eigenvalue weighted by atomic mass is 10.2. The maximum absolute atomic E-state index is 11.6. The SMILES string of the molecule is O=C(O)CCCCCNC(=O)Nc1ccc(Br)c(Cl)c1. The van der Waals surface area contributed by atoms with Crippen molar-refractivity contribution >= 4 is 45.2 Å². The maximum atomic E-state index is 11.6. The molecule has 0 saturated carbocycles. The van der Waals surface area contributed by atoms with Gasteiger partial charge in [0.25, 0.3) is 0 Å². The van der Waals surface area contributed by atoms with Gasteiger partial charge in [0.1, 0.15) is 0 Å². The fourth-order valence-corrected chi connectivity index (χ4v) is 1.96. The van der Waals surface area contributed by atoms with Crippen LogP contribution in [0.25, 0.3) is 0 Å². The summed E-state index contributed by atoms with van der Waals surface area (Å²) in [5.41, 5.74) is 0.613. The standard InChI is InChI=1S/C13H16BrClN2O3/c14-10-6-5-9(8-11(10)15)17-13(20)16-7-3-1-2-4-12(18)19/h5-6,8H,1-4,7H2,(H,18,19)(H2,16,17,20). The Bertz CT molecular complexity index is 483. The van der Waals surface area contributed by atoms with Gasteiger partial charge in [0.15, 0.2) is 0 Å². The third-order valence-corrected chi connectivity index (χ3v) is 3.76. The molecule has 0 radical (unpaired) electrons. The minimum absolute atomic E-state index is 0.170. The topological polar surface area (TPSA) is 78.4 Å². The number of hydrogen-bond acceptors (Lipinski definition) is 2. The van der Waals surface area contributed by atoms with E-state index in [-0.39, 0.29) is 12.5 Å². The quantitative estimate of drug-likeness (QED) is 0.643. The fraction of sp³-hybridized carbons (Fsp3) is 0.385. The van der Waals surface area contributed by atoms with Gasteiger partial charge in [-0.3, -0.25) is 4.79 Å². The molecule has 7 heteroatoms. The summed E-state index contributed by atoms with van der Waals surface area (Å²) >= 11 is 9.19. The molecule has 0 aliphatic rings. The van der Waals surface area contributed by atoms with E-state index in [1.165, 1.54) is 0 Å². The molecule has 0 aromatic heterocycles. The highest BCUT2D eigenvalue weighted by atomic mass is 79.9. The van der Waals surface area contributed by atoms with Gasteiger partial charge in [0.05, 0.1) is 5.02 Å². The van der Waals surface area contributed by atoms with Crippen molar-refractivity contribution in [3.8, 4) is 0 Å². The lowest BCUT2D eigenvalue weighted by Gasteiger charge is -2.08. The van der Waals surface area contributed by atoms with Crippen LogP contribution in [0.15, 0.2) is 22.7 Å². The van der Waals surface area contributed by atoms with Gasteiger partial charge in [-0.2, -0.15) is 0 Å². The molecule has 20 heavy (non-hydrogen) atoms. The lowest BCUT2D eigenvalue weighted by Crippen LogP contribution is -2.29. The Labute approximate surface area is 130 Å². The van der Waals surface area contributed by atoms with E-state index < -0.39 is 5.97 Å². The van der Waals surface area contributed by atoms with Crippen LogP contribution < -0.4 is 10.6 Å². The molecule has 0 heterocycles. The average Bonchev–Trinajstić information content (AvgIpc) is 2.38. The second-order valence-corrected chi connectivity index (χ2v) is 5.48. The van der Waals surface area contributed by atoms with Crippen molar-refractivity contribution in [3.05, 3.63) is 27.7 Å². The average molecular weight is 364 g/mol. The summed E-state index contributed by atoms with van der Waals surface area (Å²) in [4.78, 5) is 21.9. The molecule has 5 nitrogen and oxygen atoms in total. The number of halogens is 2. The van der Waals surface area contributed by atoms with E-state index in [1.807, 2.05) is 0 Å². The molecule has 1 aromatic rings. The van der Waals surface area contributed by atoms with Crippen LogP contribution in [0.4, 0.5) is 10.5 Å². The molecular weight excluding hydrogens is 348 g/mol. The molecular formula is C13H16BrClN2O3. The second kappa shape index (κ2) is 8.81. The van der Waals surface area contributed by atoms with Crippen molar-refractivity contribution in [2.45, 2.75) is 25.7 Å². The minimum atomic E-state index is -0.789. The number of nitrogens with one attached hydrogen (secondary N) is 2. The molecule has 110 valence electrons. The van der Waals surface area contributed by atoms with Gasteiger partial charge in [0.2, 0.25) is 0 Å². The maximum Gasteiger partial charge on any atom is 0.319 e. The number of benzene rings is 1. The zero-order valence-corrected chi connectivity index (χ0v) is 13.1. The summed E-state index contributed by atoms with van der Waals surface area (Å²) < 4.78 is 0.767. The van der Waals surface area contributed by atoms with Crippen LogP contribution >= 0.6 is 27.5 Å². The number of rotatable bonds is 7. The molecule has 0 aliphatic heterocycles. The van der Waals surface area contributed by atoms with Gasteiger partial charge in [0, 0.05) is 23.1 Å². The van der Waals surface area contributed by atoms with Crippen molar-refractivity contribution in [2.75, 3.05) is 11.9 Å². The number of unbranched alkanes of at least 4 members (excludes halogenated alkanes) is 2. The van der Waals surface area contributed by atoms with Crippen molar-refractivity contribution < 1.29 is 14.7 Å². The fourth-order valence-electron chi connectivity index (χ4n) is 1.53. The third-order valence-electron chi connectivity index (χ3n) is 2.53.